The lowest BCUT2D eigenvalue weighted by Crippen LogP contribution is -2.48. The molecule has 8 nitrogen and oxygen atoms in total. The summed E-state index contributed by atoms with van der Waals surface area (Å²) in [5.74, 6) is -0.362. The van der Waals surface area contributed by atoms with Crippen molar-refractivity contribution in [1.82, 2.24) is 14.3 Å². The summed E-state index contributed by atoms with van der Waals surface area (Å²) in [6.45, 7) is 4.31. The monoisotopic (exact) mass is 458 g/mol. The number of ether oxygens (including phenoxy) is 1. The van der Waals surface area contributed by atoms with Crippen LogP contribution in [0.1, 0.15) is 24.2 Å². The van der Waals surface area contributed by atoms with E-state index >= 15 is 0 Å². The van der Waals surface area contributed by atoms with E-state index in [0.29, 0.717) is 29.5 Å². The van der Waals surface area contributed by atoms with Gasteiger partial charge < -0.3 is 4.74 Å². The zero-order valence-electron chi connectivity index (χ0n) is 17.1. The van der Waals surface area contributed by atoms with E-state index in [4.69, 9.17) is 4.74 Å². The highest BCUT2D eigenvalue weighted by Crippen LogP contribution is 2.24. The smallest absolute Gasteiger partial charge is 0.257 e. The van der Waals surface area contributed by atoms with Gasteiger partial charge in [-0.1, -0.05) is 6.07 Å². The van der Waals surface area contributed by atoms with Crippen LogP contribution in [0.4, 0.5) is 5.13 Å². The molecule has 1 N–H and O–H groups in total. The third-order valence-corrected chi connectivity index (χ3v) is 7.40. The number of nitrogens with zero attached hydrogens (tertiary/aromatic N) is 3. The Hall–Kier alpha value is -2.66. The van der Waals surface area contributed by atoms with Gasteiger partial charge in [-0.25, -0.2) is 13.4 Å². The molecule has 1 aliphatic rings. The lowest BCUT2D eigenvalue weighted by Gasteiger charge is -2.34. The molecule has 0 bridgehead atoms. The molecular formula is C21H22N4O4S2. The molecule has 0 radical (unpaired) electrons. The lowest BCUT2D eigenvalue weighted by atomic mass is 10.2. The van der Waals surface area contributed by atoms with Gasteiger partial charge >= 0.3 is 0 Å². The maximum Gasteiger partial charge on any atom is 0.257 e. The molecule has 4 rings (SSSR count). The molecule has 10 heteroatoms. The van der Waals surface area contributed by atoms with E-state index in [0.717, 1.165) is 5.69 Å². The number of anilines is 1. The second-order valence-electron chi connectivity index (χ2n) is 7.31. The van der Waals surface area contributed by atoms with Crippen LogP contribution in [0.25, 0.3) is 11.4 Å². The number of morpholine rings is 1. The van der Waals surface area contributed by atoms with Gasteiger partial charge in [0.2, 0.25) is 10.0 Å². The minimum atomic E-state index is -3.65. The van der Waals surface area contributed by atoms with Crippen LogP contribution in [0.15, 0.2) is 58.9 Å². The SMILES string of the molecule is C[C@@H]1CN(S(=O)(=O)c2ccc(C(=O)Nc3nc(-c4ccccn4)cs3)cc2)C[C@H](C)O1. The van der Waals surface area contributed by atoms with E-state index in [1.807, 2.05) is 37.4 Å². The van der Waals surface area contributed by atoms with Crippen molar-refractivity contribution in [3.05, 3.63) is 59.6 Å². The average molecular weight is 459 g/mol. The minimum Gasteiger partial charge on any atom is -0.373 e. The first-order valence-corrected chi connectivity index (χ1v) is 12.1. The third kappa shape index (κ3) is 4.82. The Kier molecular flexibility index (Phi) is 6.15. The van der Waals surface area contributed by atoms with Crippen LogP contribution in [-0.4, -0.2) is 53.9 Å². The molecule has 0 unspecified atom stereocenters. The topological polar surface area (TPSA) is 101 Å². The molecule has 3 heterocycles. The number of aromatic nitrogens is 2. The highest BCUT2D eigenvalue weighted by molar-refractivity contribution is 7.89. The van der Waals surface area contributed by atoms with E-state index in [9.17, 15) is 13.2 Å². The first kappa shape index (κ1) is 21.6. The van der Waals surface area contributed by atoms with Crippen LogP contribution in [-0.2, 0) is 14.8 Å². The fourth-order valence-corrected chi connectivity index (χ4v) is 5.68. The van der Waals surface area contributed by atoms with Crippen LogP contribution in [0.2, 0.25) is 0 Å². The molecule has 162 valence electrons. The quantitative estimate of drug-likeness (QED) is 0.630. The number of benzene rings is 1. The summed E-state index contributed by atoms with van der Waals surface area (Å²) in [5, 5.41) is 5.01. The maximum atomic E-state index is 12.9. The summed E-state index contributed by atoms with van der Waals surface area (Å²) in [6.07, 6.45) is 1.34. The zero-order chi connectivity index (χ0) is 22.0. The third-order valence-electron chi connectivity index (χ3n) is 4.79. The molecule has 2 atom stereocenters. The number of amides is 1. The van der Waals surface area contributed by atoms with E-state index in [1.165, 1.54) is 39.9 Å². The Morgan fingerprint density at radius 2 is 1.81 bits per heavy atom. The van der Waals surface area contributed by atoms with Gasteiger partial charge in [-0.05, 0) is 50.2 Å². The fraction of sp³-hybridized carbons (Fsp3) is 0.286. The fourth-order valence-electron chi connectivity index (χ4n) is 3.39. The first-order valence-electron chi connectivity index (χ1n) is 9.77. The highest BCUT2D eigenvalue weighted by atomic mass is 32.2. The number of thiazole rings is 1. The number of sulfonamides is 1. The van der Waals surface area contributed by atoms with Gasteiger partial charge in [-0.2, -0.15) is 4.31 Å². The second-order valence-corrected chi connectivity index (χ2v) is 10.1. The van der Waals surface area contributed by atoms with Gasteiger partial charge in [0.05, 0.1) is 22.8 Å². The van der Waals surface area contributed by atoms with Crippen molar-refractivity contribution < 1.29 is 17.9 Å². The van der Waals surface area contributed by atoms with E-state index in [-0.39, 0.29) is 23.0 Å². The number of pyridine rings is 1. The molecule has 2 aromatic heterocycles. The molecule has 1 amide bonds. The van der Waals surface area contributed by atoms with E-state index < -0.39 is 10.0 Å². The largest absolute Gasteiger partial charge is 0.373 e. The first-order chi connectivity index (χ1) is 14.8. The molecule has 1 fully saturated rings. The summed E-state index contributed by atoms with van der Waals surface area (Å²) >= 11 is 1.30. The van der Waals surface area contributed by atoms with Crippen molar-refractivity contribution in [3.8, 4) is 11.4 Å². The lowest BCUT2D eigenvalue weighted by molar-refractivity contribution is -0.0440. The molecule has 1 saturated heterocycles. The Balaban J connectivity index is 1.45. The van der Waals surface area contributed by atoms with Crippen molar-refractivity contribution in [3.63, 3.8) is 0 Å². The Bertz CT molecular complexity index is 1150. The number of rotatable bonds is 5. The summed E-state index contributed by atoms with van der Waals surface area (Å²) in [4.78, 5) is 21.4. The molecule has 1 aromatic carbocycles. The maximum absolute atomic E-state index is 12.9. The standard InChI is InChI=1S/C21H22N4O4S2/c1-14-11-25(12-15(2)29-14)31(27,28)17-8-6-16(7-9-17)20(26)24-21-23-19(13-30-21)18-5-3-4-10-22-18/h3-10,13-15H,11-12H2,1-2H3,(H,23,24,26)/t14-,15+. The highest BCUT2D eigenvalue weighted by Gasteiger charge is 2.32. The summed E-state index contributed by atoms with van der Waals surface area (Å²) in [5.41, 5.74) is 1.74. The molecule has 0 aliphatic carbocycles. The van der Waals surface area contributed by atoms with Crippen molar-refractivity contribution in [2.24, 2.45) is 0 Å². The van der Waals surface area contributed by atoms with Crippen molar-refractivity contribution >= 4 is 32.4 Å². The average Bonchev–Trinajstić information content (AvgIpc) is 3.22. The van der Waals surface area contributed by atoms with Gasteiger partial charge in [0.25, 0.3) is 5.91 Å². The predicted octanol–water partition coefficient (Wildman–Crippen LogP) is 3.26. The number of carbonyl (C=O) groups is 1. The van der Waals surface area contributed by atoms with Gasteiger partial charge in [0, 0.05) is 30.2 Å². The number of carbonyl (C=O) groups excluding carboxylic acids is 1. The Morgan fingerprint density at radius 3 is 2.45 bits per heavy atom. The molecular weight excluding hydrogens is 436 g/mol. The van der Waals surface area contributed by atoms with E-state index in [2.05, 4.69) is 15.3 Å². The second kappa shape index (κ2) is 8.83. The summed E-state index contributed by atoms with van der Waals surface area (Å²) < 4.78 is 32.9. The van der Waals surface area contributed by atoms with Crippen LogP contribution >= 0.6 is 11.3 Å². The molecule has 31 heavy (non-hydrogen) atoms. The normalized spacial score (nSPS) is 19.8. The number of nitrogens with one attached hydrogen (secondary N) is 1. The summed E-state index contributed by atoms with van der Waals surface area (Å²) in [6, 6.07) is 11.4. The summed E-state index contributed by atoms with van der Waals surface area (Å²) in [7, 11) is -3.65. The van der Waals surface area contributed by atoms with Crippen LogP contribution in [0.5, 0.6) is 0 Å². The minimum absolute atomic E-state index is 0.150. The van der Waals surface area contributed by atoms with Gasteiger partial charge in [0.1, 0.15) is 5.69 Å². The molecule has 1 aliphatic heterocycles. The predicted molar refractivity (Wildman–Crippen MR) is 119 cm³/mol. The van der Waals surface area contributed by atoms with Gasteiger partial charge in [-0.15, -0.1) is 11.3 Å². The molecule has 0 spiro atoms. The van der Waals surface area contributed by atoms with Crippen molar-refractivity contribution in [2.75, 3.05) is 18.4 Å². The van der Waals surface area contributed by atoms with Crippen LogP contribution < -0.4 is 5.32 Å². The number of hydrogen-bond acceptors (Lipinski definition) is 7. The molecule has 0 saturated carbocycles. The Morgan fingerprint density at radius 1 is 1.10 bits per heavy atom. The zero-order valence-corrected chi connectivity index (χ0v) is 18.7. The van der Waals surface area contributed by atoms with Crippen LogP contribution in [0, 0.1) is 0 Å². The Labute approximate surface area is 185 Å². The van der Waals surface area contributed by atoms with Crippen molar-refractivity contribution in [1.29, 1.82) is 0 Å². The van der Waals surface area contributed by atoms with Gasteiger partial charge in [0.15, 0.2) is 5.13 Å². The number of hydrogen-bond donors (Lipinski definition) is 1. The van der Waals surface area contributed by atoms with E-state index in [1.54, 1.807) is 6.20 Å². The van der Waals surface area contributed by atoms with Crippen molar-refractivity contribution in [2.45, 2.75) is 31.0 Å². The van der Waals surface area contributed by atoms with Crippen LogP contribution in [0.3, 0.4) is 0 Å². The van der Waals surface area contributed by atoms with Gasteiger partial charge in [-0.3, -0.25) is 15.1 Å². The molecule has 3 aromatic rings.